The fourth-order valence-electron chi connectivity index (χ4n) is 1.48. The van der Waals surface area contributed by atoms with Crippen LogP contribution < -0.4 is 5.73 Å². The molecular formula is C9H16F3NOS. The smallest absolute Gasteiger partial charge is 0.375 e. The maximum absolute atomic E-state index is 11.9. The van der Waals surface area contributed by atoms with Crippen LogP contribution in [0.2, 0.25) is 0 Å². The lowest BCUT2D eigenvalue weighted by Gasteiger charge is -2.27. The van der Waals surface area contributed by atoms with Crippen molar-refractivity contribution in [1.82, 2.24) is 0 Å². The first-order chi connectivity index (χ1) is 6.99. The zero-order valence-corrected chi connectivity index (χ0v) is 9.24. The van der Waals surface area contributed by atoms with Crippen LogP contribution in [0, 0.1) is 0 Å². The Balaban J connectivity index is 2.14. The maximum atomic E-state index is 11.9. The van der Waals surface area contributed by atoms with E-state index >= 15 is 0 Å². The molecule has 0 spiro atoms. The molecule has 0 saturated carbocycles. The average molecular weight is 243 g/mol. The van der Waals surface area contributed by atoms with Gasteiger partial charge in [-0.05, 0) is 12.8 Å². The van der Waals surface area contributed by atoms with Gasteiger partial charge in [-0.2, -0.15) is 24.9 Å². The van der Waals surface area contributed by atoms with Gasteiger partial charge in [-0.3, -0.25) is 0 Å². The van der Waals surface area contributed by atoms with Crippen molar-refractivity contribution in [2.75, 3.05) is 18.1 Å². The average Bonchev–Trinajstić information content (AvgIpc) is 2.17. The van der Waals surface area contributed by atoms with Gasteiger partial charge in [0.25, 0.3) is 0 Å². The van der Waals surface area contributed by atoms with Crippen molar-refractivity contribution in [2.24, 2.45) is 5.73 Å². The van der Waals surface area contributed by atoms with Crippen LogP contribution in [-0.2, 0) is 4.74 Å². The first-order valence-corrected chi connectivity index (χ1v) is 6.16. The lowest BCUT2D eigenvalue weighted by Crippen LogP contribution is -2.41. The van der Waals surface area contributed by atoms with E-state index in [2.05, 4.69) is 0 Å². The van der Waals surface area contributed by atoms with Crippen LogP contribution in [0.1, 0.15) is 19.3 Å². The van der Waals surface area contributed by atoms with Gasteiger partial charge in [0.2, 0.25) is 0 Å². The molecule has 1 aliphatic heterocycles. The predicted molar refractivity (Wildman–Crippen MR) is 54.9 cm³/mol. The molecule has 0 radical (unpaired) electrons. The van der Waals surface area contributed by atoms with Crippen molar-refractivity contribution < 1.29 is 17.9 Å². The Kier molecular flexibility index (Phi) is 5.22. The van der Waals surface area contributed by atoms with Crippen LogP contribution in [0.5, 0.6) is 0 Å². The summed E-state index contributed by atoms with van der Waals surface area (Å²) in [7, 11) is 0. The summed E-state index contributed by atoms with van der Waals surface area (Å²) >= 11 is 1.74. The van der Waals surface area contributed by atoms with Crippen molar-refractivity contribution in [3.05, 3.63) is 0 Å². The van der Waals surface area contributed by atoms with Crippen LogP contribution in [0.3, 0.4) is 0 Å². The molecule has 0 aromatic carbocycles. The van der Waals surface area contributed by atoms with Crippen LogP contribution in [0.4, 0.5) is 13.2 Å². The SMILES string of the molecule is NC(CCCC(F)(F)F)C1CSCCO1. The first-order valence-electron chi connectivity index (χ1n) is 5.01. The second kappa shape index (κ2) is 5.96. The van der Waals surface area contributed by atoms with Gasteiger partial charge in [0, 0.05) is 24.0 Å². The summed E-state index contributed by atoms with van der Waals surface area (Å²) in [6.45, 7) is 0.655. The second-order valence-electron chi connectivity index (χ2n) is 3.66. The summed E-state index contributed by atoms with van der Waals surface area (Å²) in [5.74, 6) is 1.75. The van der Waals surface area contributed by atoms with Gasteiger partial charge in [-0.25, -0.2) is 0 Å². The van der Waals surface area contributed by atoms with Crippen LogP contribution in [-0.4, -0.2) is 36.4 Å². The van der Waals surface area contributed by atoms with Crippen LogP contribution in [0.15, 0.2) is 0 Å². The highest BCUT2D eigenvalue weighted by Crippen LogP contribution is 2.24. The van der Waals surface area contributed by atoms with Gasteiger partial charge in [-0.15, -0.1) is 0 Å². The number of thioether (sulfide) groups is 1. The summed E-state index contributed by atoms with van der Waals surface area (Å²) < 4.78 is 41.0. The molecule has 0 amide bonds. The molecular weight excluding hydrogens is 227 g/mol. The molecule has 6 heteroatoms. The minimum atomic E-state index is -4.07. The van der Waals surface area contributed by atoms with E-state index in [0.717, 1.165) is 11.5 Å². The van der Waals surface area contributed by atoms with E-state index in [1.807, 2.05) is 0 Å². The van der Waals surface area contributed by atoms with Gasteiger partial charge in [0.15, 0.2) is 0 Å². The highest BCUT2D eigenvalue weighted by Gasteiger charge is 2.28. The van der Waals surface area contributed by atoms with Gasteiger partial charge in [-0.1, -0.05) is 0 Å². The summed E-state index contributed by atoms with van der Waals surface area (Å²) in [5.41, 5.74) is 5.77. The fourth-order valence-corrected chi connectivity index (χ4v) is 2.43. The Morgan fingerprint density at radius 2 is 2.20 bits per heavy atom. The van der Waals surface area contributed by atoms with E-state index in [9.17, 15) is 13.2 Å². The minimum absolute atomic E-state index is 0.0722. The summed E-state index contributed by atoms with van der Waals surface area (Å²) in [6.07, 6.45) is -4.42. The van der Waals surface area contributed by atoms with E-state index < -0.39 is 12.6 Å². The van der Waals surface area contributed by atoms with Gasteiger partial charge < -0.3 is 10.5 Å². The normalized spacial score (nSPS) is 25.2. The highest BCUT2D eigenvalue weighted by atomic mass is 32.2. The number of rotatable bonds is 4. The molecule has 0 aromatic heterocycles. The van der Waals surface area contributed by atoms with E-state index in [4.69, 9.17) is 10.5 Å². The molecule has 1 heterocycles. The number of nitrogens with two attached hydrogens (primary N) is 1. The topological polar surface area (TPSA) is 35.2 Å². The van der Waals surface area contributed by atoms with Gasteiger partial charge in [0.05, 0.1) is 12.7 Å². The third-order valence-electron chi connectivity index (χ3n) is 2.32. The van der Waals surface area contributed by atoms with Gasteiger partial charge >= 0.3 is 6.18 Å². The Bertz CT molecular complexity index is 183. The minimum Gasteiger partial charge on any atom is -0.375 e. The van der Waals surface area contributed by atoms with Gasteiger partial charge in [0.1, 0.15) is 0 Å². The standard InChI is InChI=1S/C9H16F3NOS/c10-9(11,12)3-1-2-7(13)8-6-15-5-4-14-8/h7-8H,1-6,13H2. The molecule has 0 aliphatic carbocycles. The Morgan fingerprint density at radius 1 is 1.47 bits per heavy atom. The molecule has 1 rings (SSSR count). The highest BCUT2D eigenvalue weighted by molar-refractivity contribution is 7.99. The Hall–Kier alpha value is 0.0600. The zero-order chi connectivity index (χ0) is 11.3. The molecule has 2 unspecified atom stereocenters. The quantitative estimate of drug-likeness (QED) is 0.822. The largest absolute Gasteiger partial charge is 0.389 e. The van der Waals surface area contributed by atoms with Crippen molar-refractivity contribution in [2.45, 2.75) is 37.6 Å². The van der Waals surface area contributed by atoms with Crippen molar-refractivity contribution in [3.8, 4) is 0 Å². The maximum Gasteiger partial charge on any atom is 0.389 e. The Labute approximate surface area is 91.7 Å². The predicted octanol–water partition coefficient (Wildman–Crippen LogP) is 2.18. The third-order valence-corrected chi connectivity index (χ3v) is 3.34. The monoisotopic (exact) mass is 243 g/mol. The molecule has 0 bridgehead atoms. The van der Waals surface area contributed by atoms with Crippen LogP contribution >= 0.6 is 11.8 Å². The molecule has 1 saturated heterocycles. The summed E-state index contributed by atoms with van der Waals surface area (Å²) in [5, 5.41) is 0. The molecule has 2 nitrogen and oxygen atoms in total. The van der Waals surface area contributed by atoms with E-state index in [1.165, 1.54) is 0 Å². The van der Waals surface area contributed by atoms with E-state index in [1.54, 1.807) is 11.8 Å². The zero-order valence-electron chi connectivity index (χ0n) is 8.43. The molecule has 15 heavy (non-hydrogen) atoms. The lowest BCUT2D eigenvalue weighted by atomic mass is 10.1. The summed E-state index contributed by atoms with van der Waals surface area (Å²) in [4.78, 5) is 0. The number of hydrogen-bond donors (Lipinski definition) is 1. The molecule has 1 fully saturated rings. The summed E-state index contributed by atoms with van der Waals surface area (Å²) in [6, 6.07) is -0.264. The van der Waals surface area contributed by atoms with Crippen molar-refractivity contribution >= 4 is 11.8 Å². The third kappa shape index (κ3) is 5.63. The molecule has 1 aliphatic rings. The van der Waals surface area contributed by atoms with Crippen molar-refractivity contribution in [1.29, 1.82) is 0 Å². The van der Waals surface area contributed by atoms with E-state index in [0.29, 0.717) is 13.0 Å². The molecule has 0 aromatic rings. The molecule has 90 valence electrons. The number of alkyl halides is 3. The fraction of sp³-hybridized carbons (Fsp3) is 1.00. The number of halogens is 3. The Morgan fingerprint density at radius 3 is 2.73 bits per heavy atom. The van der Waals surface area contributed by atoms with Crippen LogP contribution in [0.25, 0.3) is 0 Å². The first kappa shape index (κ1) is 13.1. The lowest BCUT2D eigenvalue weighted by molar-refractivity contribution is -0.136. The molecule has 2 N–H and O–H groups in total. The van der Waals surface area contributed by atoms with Crippen molar-refractivity contribution in [3.63, 3.8) is 0 Å². The number of ether oxygens (including phenoxy) is 1. The number of hydrogen-bond acceptors (Lipinski definition) is 3. The van der Waals surface area contributed by atoms with E-state index in [-0.39, 0.29) is 18.6 Å². The second-order valence-corrected chi connectivity index (χ2v) is 4.81. The molecule has 2 atom stereocenters.